The van der Waals surface area contributed by atoms with E-state index >= 15 is 0 Å². The molecule has 1 heterocycles. The van der Waals surface area contributed by atoms with Crippen molar-refractivity contribution in [3.05, 3.63) is 23.8 Å². The fourth-order valence-electron chi connectivity index (χ4n) is 2.18. The van der Waals surface area contributed by atoms with Gasteiger partial charge in [0.1, 0.15) is 12.3 Å². The van der Waals surface area contributed by atoms with Crippen molar-refractivity contribution in [2.24, 2.45) is 0 Å². The summed E-state index contributed by atoms with van der Waals surface area (Å²) in [6.45, 7) is 4.07. The second-order valence-corrected chi connectivity index (χ2v) is 4.99. The minimum absolute atomic E-state index is 0.0298. The third-order valence-electron chi connectivity index (χ3n) is 3.29. The van der Waals surface area contributed by atoms with Gasteiger partial charge in [-0.05, 0) is 31.0 Å². The zero-order valence-corrected chi connectivity index (χ0v) is 12.3. The van der Waals surface area contributed by atoms with E-state index in [0.29, 0.717) is 23.5 Å². The summed E-state index contributed by atoms with van der Waals surface area (Å²) in [5.41, 5.74) is 1.26. The summed E-state index contributed by atoms with van der Waals surface area (Å²) in [5, 5.41) is 11.9. The second-order valence-electron chi connectivity index (χ2n) is 4.99. The number of aliphatic hydroxyl groups is 1. The third-order valence-corrected chi connectivity index (χ3v) is 3.29. The Labute approximate surface area is 123 Å². The van der Waals surface area contributed by atoms with Gasteiger partial charge in [-0.1, -0.05) is 13.0 Å². The van der Waals surface area contributed by atoms with Crippen LogP contribution in [0.4, 0.5) is 5.69 Å². The third kappa shape index (κ3) is 3.33. The minimum Gasteiger partial charge on any atom is -0.479 e. The molecule has 1 atom stereocenters. The highest BCUT2D eigenvalue weighted by Gasteiger charge is 2.32. The first-order valence-electron chi connectivity index (χ1n) is 7.05. The van der Waals surface area contributed by atoms with Crippen molar-refractivity contribution in [2.45, 2.75) is 33.0 Å². The van der Waals surface area contributed by atoms with Crippen LogP contribution in [0.1, 0.15) is 25.8 Å². The van der Waals surface area contributed by atoms with Gasteiger partial charge in [0.2, 0.25) is 5.91 Å². The highest BCUT2D eigenvalue weighted by Crippen LogP contribution is 2.34. The topological polar surface area (TPSA) is 78.9 Å². The van der Waals surface area contributed by atoms with Gasteiger partial charge in [-0.2, -0.15) is 0 Å². The SMILES string of the molecule is CCCNC(=O)CN1C(=O)C(C)Oc2cc(CO)ccc21. The van der Waals surface area contributed by atoms with Crippen LogP contribution in [0.3, 0.4) is 0 Å². The molecule has 0 radical (unpaired) electrons. The number of ether oxygens (including phenoxy) is 1. The summed E-state index contributed by atoms with van der Waals surface area (Å²) in [5.74, 6) is 0.0688. The van der Waals surface area contributed by atoms with Gasteiger partial charge in [-0.3, -0.25) is 14.5 Å². The van der Waals surface area contributed by atoms with Crippen molar-refractivity contribution < 1.29 is 19.4 Å². The Morgan fingerprint density at radius 2 is 2.24 bits per heavy atom. The monoisotopic (exact) mass is 292 g/mol. The lowest BCUT2D eigenvalue weighted by Gasteiger charge is -2.32. The fourth-order valence-corrected chi connectivity index (χ4v) is 2.18. The quantitative estimate of drug-likeness (QED) is 0.842. The molecule has 21 heavy (non-hydrogen) atoms. The summed E-state index contributed by atoms with van der Waals surface area (Å²) in [6, 6.07) is 5.09. The largest absolute Gasteiger partial charge is 0.479 e. The molecule has 0 saturated heterocycles. The summed E-state index contributed by atoms with van der Waals surface area (Å²) >= 11 is 0. The van der Waals surface area contributed by atoms with E-state index in [2.05, 4.69) is 5.32 Å². The maximum atomic E-state index is 12.2. The van der Waals surface area contributed by atoms with Gasteiger partial charge < -0.3 is 15.2 Å². The molecule has 1 aromatic carbocycles. The molecular weight excluding hydrogens is 272 g/mol. The molecule has 0 saturated carbocycles. The first-order valence-corrected chi connectivity index (χ1v) is 7.05. The molecule has 2 N–H and O–H groups in total. The molecule has 1 unspecified atom stereocenters. The molecule has 1 aromatic rings. The Hall–Kier alpha value is -2.08. The van der Waals surface area contributed by atoms with Crippen molar-refractivity contribution in [1.29, 1.82) is 0 Å². The van der Waals surface area contributed by atoms with E-state index in [0.717, 1.165) is 6.42 Å². The summed E-state index contributed by atoms with van der Waals surface area (Å²) < 4.78 is 5.55. The number of rotatable bonds is 5. The predicted octanol–water partition coefficient (Wildman–Crippen LogP) is 0.819. The molecule has 6 heteroatoms. The number of carbonyl (C=O) groups excluding carboxylic acids is 2. The van der Waals surface area contributed by atoms with Crippen LogP contribution in [0.5, 0.6) is 5.75 Å². The van der Waals surface area contributed by atoms with Gasteiger partial charge in [-0.25, -0.2) is 0 Å². The van der Waals surface area contributed by atoms with E-state index in [9.17, 15) is 9.59 Å². The number of anilines is 1. The van der Waals surface area contributed by atoms with E-state index in [1.807, 2.05) is 6.92 Å². The number of carbonyl (C=O) groups is 2. The average molecular weight is 292 g/mol. The van der Waals surface area contributed by atoms with Crippen molar-refractivity contribution >= 4 is 17.5 Å². The maximum Gasteiger partial charge on any atom is 0.268 e. The molecule has 0 bridgehead atoms. The van der Waals surface area contributed by atoms with Crippen LogP contribution in [0.15, 0.2) is 18.2 Å². The van der Waals surface area contributed by atoms with Crippen LogP contribution in [-0.4, -0.2) is 36.1 Å². The van der Waals surface area contributed by atoms with Crippen LogP contribution in [0.2, 0.25) is 0 Å². The van der Waals surface area contributed by atoms with Gasteiger partial charge in [0.15, 0.2) is 6.10 Å². The van der Waals surface area contributed by atoms with Gasteiger partial charge in [0.25, 0.3) is 5.91 Å². The van der Waals surface area contributed by atoms with Crippen LogP contribution in [-0.2, 0) is 16.2 Å². The highest BCUT2D eigenvalue weighted by atomic mass is 16.5. The molecule has 0 fully saturated rings. The number of aliphatic hydroxyl groups excluding tert-OH is 1. The van der Waals surface area contributed by atoms with Crippen LogP contribution in [0, 0.1) is 0 Å². The van der Waals surface area contributed by atoms with Crippen LogP contribution < -0.4 is 15.0 Å². The predicted molar refractivity (Wildman–Crippen MR) is 78.1 cm³/mol. The zero-order chi connectivity index (χ0) is 15.4. The molecule has 6 nitrogen and oxygen atoms in total. The van der Waals surface area contributed by atoms with Crippen molar-refractivity contribution in [1.82, 2.24) is 5.32 Å². The maximum absolute atomic E-state index is 12.2. The van der Waals surface area contributed by atoms with E-state index in [-0.39, 0.29) is 25.0 Å². The minimum atomic E-state index is -0.648. The lowest BCUT2D eigenvalue weighted by molar-refractivity contribution is -0.128. The molecule has 2 rings (SSSR count). The van der Waals surface area contributed by atoms with Crippen molar-refractivity contribution in [3.8, 4) is 5.75 Å². The molecule has 2 amide bonds. The van der Waals surface area contributed by atoms with Gasteiger partial charge in [0, 0.05) is 6.54 Å². The Kier molecular flexibility index (Phi) is 4.80. The fraction of sp³-hybridized carbons (Fsp3) is 0.467. The first kappa shape index (κ1) is 15.3. The van der Waals surface area contributed by atoms with Gasteiger partial charge >= 0.3 is 0 Å². The Bertz CT molecular complexity index is 544. The van der Waals surface area contributed by atoms with E-state index < -0.39 is 6.10 Å². The lowest BCUT2D eigenvalue weighted by Crippen LogP contribution is -2.48. The molecule has 1 aliphatic heterocycles. The highest BCUT2D eigenvalue weighted by molar-refractivity contribution is 6.03. The summed E-state index contributed by atoms with van der Waals surface area (Å²) in [7, 11) is 0. The molecular formula is C15H20N2O4. The Morgan fingerprint density at radius 1 is 1.48 bits per heavy atom. The van der Waals surface area contributed by atoms with E-state index in [1.165, 1.54) is 4.90 Å². The number of hydrogen-bond acceptors (Lipinski definition) is 4. The number of nitrogens with zero attached hydrogens (tertiary/aromatic N) is 1. The van der Waals surface area contributed by atoms with Gasteiger partial charge in [-0.15, -0.1) is 0 Å². The normalized spacial score (nSPS) is 17.2. The molecule has 114 valence electrons. The number of benzene rings is 1. The molecule has 1 aliphatic rings. The second kappa shape index (κ2) is 6.58. The number of nitrogens with one attached hydrogen (secondary N) is 1. The number of fused-ring (bicyclic) bond motifs is 1. The van der Waals surface area contributed by atoms with E-state index in [4.69, 9.17) is 9.84 Å². The lowest BCUT2D eigenvalue weighted by atomic mass is 10.1. The van der Waals surface area contributed by atoms with Crippen molar-refractivity contribution in [3.63, 3.8) is 0 Å². The Balaban J connectivity index is 2.24. The van der Waals surface area contributed by atoms with Crippen LogP contribution >= 0.6 is 0 Å². The number of amides is 2. The van der Waals surface area contributed by atoms with E-state index in [1.54, 1.807) is 25.1 Å². The van der Waals surface area contributed by atoms with Crippen molar-refractivity contribution in [2.75, 3.05) is 18.0 Å². The number of hydrogen-bond donors (Lipinski definition) is 2. The summed E-state index contributed by atoms with van der Waals surface area (Å²) in [6.07, 6.45) is 0.195. The average Bonchev–Trinajstić information content (AvgIpc) is 2.49. The molecule has 0 aromatic heterocycles. The standard InChI is InChI=1S/C15H20N2O4/c1-3-6-16-14(19)8-17-12-5-4-11(9-18)7-13(12)21-10(2)15(17)20/h4-5,7,10,18H,3,6,8-9H2,1-2H3,(H,16,19). The zero-order valence-electron chi connectivity index (χ0n) is 12.3. The smallest absolute Gasteiger partial charge is 0.268 e. The van der Waals surface area contributed by atoms with Gasteiger partial charge in [0.05, 0.1) is 12.3 Å². The summed E-state index contributed by atoms with van der Waals surface area (Å²) in [4.78, 5) is 25.5. The molecule has 0 spiro atoms. The first-order chi connectivity index (χ1) is 10.1. The van der Waals surface area contributed by atoms with Crippen LogP contribution in [0.25, 0.3) is 0 Å². The molecule has 0 aliphatic carbocycles. The Morgan fingerprint density at radius 3 is 2.90 bits per heavy atom.